The topological polar surface area (TPSA) is 39.3 Å². The summed E-state index contributed by atoms with van der Waals surface area (Å²) in [6, 6.07) is 18.5. The SMILES string of the molecule is COc1ccccc1N1CCN([C@H](C)C(=O)N2CCN(c3ccccc3)CC2)CC1. The number of anilines is 2. The molecule has 6 nitrogen and oxygen atoms in total. The summed E-state index contributed by atoms with van der Waals surface area (Å²) >= 11 is 0. The molecule has 4 rings (SSSR count). The van der Waals surface area contributed by atoms with Crippen LogP contribution in [0.3, 0.4) is 0 Å². The molecule has 0 unspecified atom stereocenters. The lowest BCUT2D eigenvalue weighted by Crippen LogP contribution is -2.57. The van der Waals surface area contributed by atoms with Crippen LogP contribution in [0.15, 0.2) is 54.6 Å². The molecule has 0 spiro atoms. The van der Waals surface area contributed by atoms with Crippen molar-refractivity contribution < 1.29 is 9.53 Å². The summed E-state index contributed by atoms with van der Waals surface area (Å²) in [7, 11) is 1.72. The van der Waals surface area contributed by atoms with Crippen molar-refractivity contribution in [3.63, 3.8) is 0 Å². The van der Waals surface area contributed by atoms with Crippen molar-refractivity contribution in [2.24, 2.45) is 0 Å². The highest BCUT2D eigenvalue weighted by molar-refractivity contribution is 5.82. The Balaban J connectivity index is 1.29. The minimum atomic E-state index is -0.0758. The molecule has 0 N–H and O–H groups in total. The first kappa shape index (κ1) is 20.5. The molecular weight excluding hydrogens is 376 g/mol. The van der Waals surface area contributed by atoms with Crippen molar-refractivity contribution >= 4 is 17.3 Å². The Labute approximate surface area is 179 Å². The van der Waals surface area contributed by atoms with Gasteiger partial charge in [-0.05, 0) is 31.2 Å². The number of amides is 1. The van der Waals surface area contributed by atoms with Crippen LogP contribution in [0.25, 0.3) is 0 Å². The monoisotopic (exact) mass is 408 g/mol. The van der Waals surface area contributed by atoms with Crippen molar-refractivity contribution in [3.8, 4) is 5.75 Å². The number of piperazine rings is 2. The fourth-order valence-electron chi connectivity index (χ4n) is 4.49. The first-order valence-corrected chi connectivity index (χ1v) is 10.9. The average Bonchev–Trinajstić information content (AvgIpc) is 2.84. The number of rotatable bonds is 5. The van der Waals surface area contributed by atoms with Gasteiger partial charge in [0.2, 0.25) is 5.91 Å². The number of hydrogen-bond acceptors (Lipinski definition) is 5. The average molecular weight is 409 g/mol. The Morgan fingerprint density at radius 2 is 1.40 bits per heavy atom. The molecule has 6 heteroatoms. The molecule has 2 saturated heterocycles. The van der Waals surface area contributed by atoms with Gasteiger partial charge >= 0.3 is 0 Å². The van der Waals surface area contributed by atoms with E-state index in [4.69, 9.17) is 4.74 Å². The first-order chi connectivity index (χ1) is 14.7. The number of hydrogen-bond donors (Lipinski definition) is 0. The van der Waals surface area contributed by atoms with Crippen molar-refractivity contribution in [3.05, 3.63) is 54.6 Å². The maximum Gasteiger partial charge on any atom is 0.239 e. The van der Waals surface area contributed by atoms with E-state index in [0.29, 0.717) is 0 Å². The first-order valence-electron chi connectivity index (χ1n) is 10.9. The van der Waals surface area contributed by atoms with Crippen LogP contribution in [0, 0.1) is 0 Å². The van der Waals surface area contributed by atoms with Gasteiger partial charge < -0.3 is 19.4 Å². The number of nitrogens with zero attached hydrogens (tertiary/aromatic N) is 4. The summed E-state index contributed by atoms with van der Waals surface area (Å²) in [4.78, 5) is 22.2. The summed E-state index contributed by atoms with van der Waals surface area (Å²) in [5.41, 5.74) is 2.38. The normalized spacial score (nSPS) is 18.9. The number of methoxy groups -OCH3 is 1. The second kappa shape index (κ2) is 9.39. The summed E-state index contributed by atoms with van der Waals surface area (Å²) in [5, 5.41) is 0. The second-order valence-corrected chi connectivity index (χ2v) is 8.02. The van der Waals surface area contributed by atoms with Crippen LogP contribution in [0.4, 0.5) is 11.4 Å². The Morgan fingerprint density at radius 1 is 0.800 bits per heavy atom. The molecule has 2 aliphatic rings. The van der Waals surface area contributed by atoms with Crippen molar-refractivity contribution in [1.29, 1.82) is 0 Å². The van der Waals surface area contributed by atoms with Crippen LogP contribution in [0.2, 0.25) is 0 Å². The molecule has 0 aromatic heterocycles. The Kier molecular flexibility index (Phi) is 6.43. The van der Waals surface area contributed by atoms with Gasteiger partial charge in [-0.2, -0.15) is 0 Å². The van der Waals surface area contributed by atoms with Gasteiger partial charge in [0.15, 0.2) is 0 Å². The molecule has 160 valence electrons. The zero-order valence-corrected chi connectivity index (χ0v) is 18.0. The summed E-state index contributed by atoms with van der Waals surface area (Å²) in [6.45, 7) is 9.00. The molecule has 2 heterocycles. The molecule has 30 heavy (non-hydrogen) atoms. The number of para-hydroxylation sites is 3. The van der Waals surface area contributed by atoms with Crippen LogP contribution in [-0.2, 0) is 4.79 Å². The van der Waals surface area contributed by atoms with E-state index in [0.717, 1.165) is 63.8 Å². The molecule has 0 bridgehead atoms. The van der Waals surface area contributed by atoms with Gasteiger partial charge in [-0.1, -0.05) is 30.3 Å². The lowest BCUT2D eigenvalue weighted by atomic mass is 10.1. The molecule has 0 radical (unpaired) electrons. The fourth-order valence-corrected chi connectivity index (χ4v) is 4.49. The number of ether oxygens (including phenoxy) is 1. The predicted molar refractivity (Wildman–Crippen MR) is 121 cm³/mol. The fraction of sp³-hybridized carbons (Fsp3) is 0.458. The third-order valence-corrected chi connectivity index (χ3v) is 6.36. The van der Waals surface area contributed by atoms with Crippen molar-refractivity contribution in [2.75, 3.05) is 69.3 Å². The highest BCUT2D eigenvalue weighted by Crippen LogP contribution is 2.28. The number of carbonyl (C=O) groups excluding carboxylic acids is 1. The van der Waals surface area contributed by atoms with Gasteiger partial charge in [0, 0.05) is 58.0 Å². The van der Waals surface area contributed by atoms with E-state index in [1.807, 2.05) is 29.2 Å². The number of carbonyl (C=O) groups is 1. The van der Waals surface area contributed by atoms with Gasteiger partial charge in [0.05, 0.1) is 18.8 Å². The summed E-state index contributed by atoms with van der Waals surface area (Å²) in [5.74, 6) is 1.17. The Hall–Kier alpha value is -2.73. The lowest BCUT2D eigenvalue weighted by Gasteiger charge is -2.42. The lowest BCUT2D eigenvalue weighted by molar-refractivity contribution is -0.136. The molecule has 0 saturated carbocycles. The van der Waals surface area contributed by atoms with Gasteiger partial charge in [-0.25, -0.2) is 0 Å². The van der Waals surface area contributed by atoms with Crippen molar-refractivity contribution in [1.82, 2.24) is 9.80 Å². The third-order valence-electron chi connectivity index (χ3n) is 6.36. The minimum Gasteiger partial charge on any atom is -0.495 e. The smallest absolute Gasteiger partial charge is 0.239 e. The van der Waals surface area contributed by atoms with E-state index < -0.39 is 0 Å². The van der Waals surface area contributed by atoms with Crippen LogP contribution < -0.4 is 14.5 Å². The van der Waals surface area contributed by atoms with E-state index in [1.165, 1.54) is 5.69 Å². The minimum absolute atomic E-state index is 0.0758. The third kappa shape index (κ3) is 4.38. The van der Waals surface area contributed by atoms with E-state index >= 15 is 0 Å². The summed E-state index contributed by atoms with van der Waals surface area (Å²) < 4.78 is 5.51. The second-order valence-electron chi connectivity index (χ2n) is 8.02. The highest BCUT2D eigenvalue weighted by Gasteiger charge is 2.31. The van der Waals surface area contributed by atoms with Crippen LogP contribution >= 0.6 is 0 Å². The molecule has 2 aromatic carbocycles. The standard InChI is InChI=1S/C24H32N4O2/c1-20(24(29)28-18-14-26(15-19-28)21-8-4-3-5-9-21)25-12-16-27(17-13-25)22-10-6-7-11-23(22)30-2/h3-11,20H,12-19H2,1-2H3/t20-/m1/s1. The number of benzene rings is 2. The molecule has 1 amide bonds. The molecule has 2 aromatic rings. The maximum absolute atomic E-state index is 13.1. The molecular formula is C24H32N4O2. The van der Waals surface area contributed by atoms with Crippen LogP contribution in [0.1, 0.15) is 6.92 Å². The van der Waals surface area contributed by atoms with E-state index in [9.17, 15) is 4.79 Å². The van der Waals surface area contributed by atoms with Gasteiger partial charge in [0.1, 0.15) is 5.75 Å². The maximum atomic E-state index is 13.1. The highest BCUT2D eigenvalue weighted by atomic mass is 16.5. The molecule has 2 fully saturated rings. The Bertz CT molecular complexity index is 828. The van der Waals surface area contributed by atoms with E-state index in [-0.39, 0.29) is 11.9 Å². The Morgan fingerprint density at radius 3 is 2.07 bits per heavy atom. The van der Waals surface area contributed by atoms with Crippen LogP contribution in [-0.4, -0.2) is 81.2 Å². The summed E-state index contributed by atoms with van der Waals surface area (Å²) in [6.07, 6.45) is 0. The zero-order chi connectivity index (χ0) is 20.9. The predicted octanol–water partition coefficient (Wildman–Crippen LogP) is 2.55. The van der Waals surface area contributed by atoms with Gasteiger partial charge in [-0.3, -0.25) is 9.69 Å². The molecule has 1 atom stereocenters. The van der Waals surface area contributed by atoms with Crippen LogP contribution in [0.5, 0.6) is 5.75 Å². The van der Waals surface area contributed by atoms with E-state index in [2.05, 4.69) is 52.0 Å². The largest absolute Gasteiger partial charge is 0.495 e. The van der Waals surface area contributed by atoms with Gasteiger partial charge in [-0.15, -0.1) is 0 Å². The van der Waals surface area contributed by atoms with E-state index in [1.54, 1.807) is 7.11 Å². The van der Waals surface area contributed by atoms with Gasteiger partial charge in [0.25, 0.3) is 0 Å². The van der Waals surface area contributed by atoms with Crippen molar-refractivity contribution in [2.45, 2.75) is 13.0 Å². The molecule has 2 aliphatic heterocycles. The molecule has 0 aliphatic carbocycles. The zero-order valence-electron chi connectivity index (χ0n) is 18.0. The quantitative estimate of drug-likeness (QED) is 0.760.